The van der Waals surface area contributed by atoms with Crippen LogP contribution in [0.5, 0.6) is 5.75 Å². The Kier molecular flexibility index (Phi) is 4.93. The molecule has 1 heterocycles. The minimum atomic E-state index is 0.0268. The average Bonchev–Trinajstić information content (AvgIpc) is 2.85. The largest absolute Gasteiger partial charge is 0.487 e. The lowest BCUT2D eigenvalue weighted by Crippen LogP contribution is -2.05. The first-order chi connectivity index (χ1) is 9.19. The average molecular weight is 276 g/mol. The van der Waals surface area contributed by atoms with Crippen molar-refractivity contribution in [3.05, 3.63) is 45.9 Å². The number of nitrogens with zero attached hydrogens (tertiary/aromatic N) is 1. The number of hydrogen-bond donors (Lipinski definition) is 1. The monoisotopic (exact) mass is 276 g/mol. The third kappa shape index (κ3) is 4.04. The lowest BCUT2D eigenvalue weighted by atomic mass is 10.1. The van der Waals surface area contributed by atoms with Crippen molar-refractivity contribution in [3.8, 4) is 5.75 Å². The third-order valence-electron chi connectivity index (χ3n) is 2.83. The molecule has 0 saturated heterocycles. The van der Waals surface area contributed by atoms with E-state index in [0.29, 0.717) is 6.61 Å². The van der Waals surface area contributed by atoms with Gasteiger partial charge in [-0.3, -0.25) is 0 Å². The van der Waals surface area contributed by atoms with Gasteiger partial charge in [0.25, 0.3) is 0 Å². The highest BCUT2D eigenvalue weighted by Gasteiger charge is 2.04. The summed E-state index contributed by atoms with van der Waals surface area (Å²) in [4.78, 5) is 4.54. The van der Waals surface area contributed by atoms with Gasteiger partial charge in [-0.2, -0.15) is 0 Å². The molecule has 2 rings (SSSR count). The number of thiazole rings is 1. The van der Waals surface area contributed by atoms with Gasteiger partial charge in [-0.25, -0.2) is 4.98 Å². The fraction of sp³-hybridized carbons (Fsp3) is 0.400. The molecule has 2 N–H and O–H groups in total. The van der Waals surface area contributed by atoms with E-state index in [1.165, 1.54) is 5.01 Å². The first-order valence-corrected chi connectivity index (χ1v) is 7.48. The predicted molar refractivity (Wildman–Crippen MR) is 79.5 cm³/mol. The van der Waals surface area contributed by atoms with Crippen molar-refractivity contribution >= 4 is 11.3 Å². The van der Waals surface area contributed by atoms with Crippen molar-refractivity contribution in [1.29, 1.82) is 0 Å². The van der Waals surface area contributed by atoms with Crippen LogP contribution in [0.1, 0.15) is 42.6 Å². The Labute approximate surface area is 118 Å². The van der Waals surface area contributed by atoms with Gasteiger partial charge in [0.05, 0.1) is 10.7 Å². The van der Waals surface area contributed by atoms with Gasteiger partial charge in [0.15, 0.2) is 0 Å². The van der Waals surface area contributed by atoms with Crippen LogP contribution < -0.4 is 10.5 Å². The second-order valence-corrected chi connectivity index (χ2v) is 5.58. The standard InChI is InChI=1S/C15H20N2OS/c1-3-5-15-17-13(10-19-15)9-18-14-7-4-6-12(8-14)11(2)16/h4,6-8,10-11H,3,5,9,16H2,1-2H3/t11-/m0/s1. The van der Waals surface area contributed by atoms with Crippen molar-refractivity contribution in [1.82, 2.24) is 4.98 Å². The van der Waals surface area contributed by atoms with E-state index in [4.69, 9.17) is 10.5 Å². The van der Waals surface area contributed by atoms with Crippen LogP contribution in [0.25, 0.3) is 0 Å². The maximum absolute atomic E-state index is 5.86. The van der Waals surface area contributed by atoms with E-state index in [-0.39, 0.29) is 6.04 Å². The van der Waals surface area contributed by atoms with E-state index in [2.05, 4.69) is 17.3 Å². The SMILES string of the molecule is CCCc1nc(COc2cccc([C@H](C)N)c2)cs1. The zero-order chi connectivity index (χ0) is 13.7. The molecule has 0 aliphatic heterocycles. The highest BCUT2D eigenvalue weighted by molar-refractivity contribution is 7.09. The third-order valence-corrected chi connectivity index (χ3v) is 3.79. The number of ether oxygens (including phenoxy) is 1. The predicted octanol–water partition coefficient (Wildman–Crippen LogP) is 3.69. The van der Waals surface area contributed by atoms with Crippen molar-refractivity contribution in [2.24, 2.45) is 5.73 Å². The summed E-state index contributed by atoms with van der Waals surface area (Å²) in [5, 5.41) is 3.26. The van der Waals surface area contributed by atoms with Crippen LogP contribution in [0.4, 0.5) is 0 Å². The molecule has 0 fully saturated rings. The van der Waals surface area contributed by atoms with Crippen LogP contribution in [0, 0.1) is 0 Å². The molecule has 0 unspecified atom stereocenters. The molecular weight excluding hydrogens is 256 g/mol. The first kappa shape index (κ1) is 14.0. The Morgan fingerprint density at radius 1 is 1.42 bits per heavy atom. The van der Waals surface area contributed by atoms with Gasteiger partial charge in [-0.15, -0.1) is 11.3 Å². The fourth-order valence-electron chi connectivity index (χ4n) is 1.79. The smallest absolute Gasteiger partial charge is 0.131 e. The maximum atomic E-state index is 5.86. The number of aryl methyl sites for hydroxylation is 1. The second-order valence-electron chi connectivity index (χ2n) is 4.63. The fourth-order valence-corrected chi connectivity index (χ4v) is 2.67. The van der Waals surface area contributed by atoms with E-state index >= 15 is 0 Å². The van der Waals surface area contributed by atoms with E-state index in [1.807, 2.05) is 31.2 Å². The normalized spacial score (nSPS) is 12.4. The first-order valence-electron chi connectivity index (χ1n) is 6.60. The van der Waals surface area contributed by atoms with E-state index in [1.54, 1.807) is 11.3 Å². The highest BCUT2D eigenvalue weighted by Crippen LogP contribution is 2.19. The van der Waals surface area contributed by atoms with Crippen molar-refractivity contribution in [2.75, 3.05) is 0 Å². The Morgan fingerprint density at radius 2 is 2.26 bits per heavy atom. The number of aromatic nitrogens is 1. The summed E-state index contributed by atoms with van der Waals surface area (Å²) in [7, 11) is 0. The van der Waals surface area contributed by atoms with E-state index in [9.17, 15) is 0 Å². The molecule has 3 nitrogen and oxygen atoms in total. The molecule has 102 valence electrons. The van der Waals surface area contributed by atoms with Crippen molar-refractivity contribution < 1.29 is 4.74 Å². The molecule has 4 heteroatoms. The van der Waals surface area contributed by atoms with Gasteiger partial charge in [-0.05, 0) is 37.5 Å². The van der Waals surface area contributed by atoms with Gasteiger partial charge in [0, 0.05) is 11.4 Å². The minimum absolute atomic E-state index is 0.0268. The van der Waals surface area contributed by atoms with Gasteiger partial charge in [0.1, 0.15) is 12.4 Å². The van der Waals surface area contributed by atoms with Crippen LogP contribution in [0.3, 0.4) is 0 Å². The molecule has 0 amide bonds. The van der Waals surface area contributed by atoms with Gasteiger partial charge in [-0.1, -0.05) is 19.1 Å². The molecule has 0 aliphatic carbocycles. The Morgan fingerprint density at radius 3 is 3.00 bits per heavy atom. The van der Waals surface area contributed by atoms with Crippen LogP contribution in [-0.4, -0.2) is 4.98 Å². The second kappa shape index (κ2) is 6.68. The van der Waals surface area contributed by atoms with Gasteiger partial charge < -0.3 is 10.5 Å². The molecule has 0 radical (unpaired) electrons. The quantitative estimate of drug-likeness (QED) is 0.875. The van der Waals surface area contributed by atoms with Gasteiger partial charge >= 0.3 is 0 Å². The lowest BCUT2D eigenvalue weighted by molar-refractivity contribution is 0.301. The number of nitrogens with two attached hydrogens (primary N) is 1. The molecule has 1 aromatic carbocycles. The van der Waals surface area contributed by atoms with Crippen molar-refractivity contribution in [3.63, 3.8) is 0 Å². The lowest BCUT2D eigenvalue weighted by Gasteiger charge is -2.09. The zero-order valence-electron chi connectivity index (χ0n) is 11.4. The molecule has 1 atom stereocenters. The zero-order valence-corrected chi connectivity index (χ0v) is 12.2. The number of benzene rings is 1. The van der Waals surface area contributed by atoms with E-state index < -0.39 is 0 Å². The molecule has 19 heavy (non-hydrogen) atoms. The van der Waals surface area contributed by atoms with Crippen LogP contribution in [0.2, 0.25) is 0 Å². The van der Waals surface area contributed by atoms with Crippen LogP contribution in [-0.2, 0) is 13.0 Å². The summed E-state index contributed by atoms with van der Waals surface area (Å²) in [6.45, 7) is 4.65. The Balaban J connectivity index is 1.95. The Hall–Kier alpha value is -1.39. The summed E-state index contributed by atoms with van der Waals surface area (Å²) >= 11 is 1.71. The highest BCUT2D eigenvalue weighted by atomic mass is 32.1. The summed E-state index contributed by atoms with van der Waals surface area (Å²) < 4.78 is 5.76. The minimum Gasteiger partial charge on any atom is -0.487 e. The topological polar surface area (TPSA) is 48.1 Å². The molecule has 0 aliphatic rings. The summed E-state index contributed by atoms with van der Waals surface area (Å²) in [5.41, 5.74) is 7.95. The summed E-state index contributed by atoms with van der Waals surface area (Å²) in [6, 6.07) is 7.95. The maximum Gasteiger partial charge on any atom is 0.131 e. The molecule has 0 saturated carbocycles. The molecule has 0 spiro atoms. The molecule has 0 bridgehead atoms. The molecule has 1 aromatic heterocycles. The summed E-state index contributed by atoms with van der Waals surface area (Å²) in [6.07, 6.45) is 2.18. The molecular formula is C15H20N2OS. The van der Waals surface area contributed by atoms with Crippen LogP contribution >= 0.6 is 11.3 Å². The van der Waals surface area contributed by atoms with Gasteiger partial charge in [0.2, 0.25) is 0 Å². The number of hydrogen-bond acceptors (Lipinski definition) is 4. The number of rotatable bonds is 6. The summed E-state index contributed by atoms with van der Waals surface area (Å²) in [5.74, 6) is 0.847. The molecule has 2 aromatic rings. The Bertz CT molecular complexity index is 522. The van der Waals surface area contributed by atoms with E-state index in [0.717, 1.165) is 29.8 Å². The van der Waals surface area contributed by atoms with Crippen molar-refractivity contribution in [2.45, 2.75) is 39.3 Å². The van der Waals surface area contributed by atoms with Crippen LogP contribution in [0.15, 0.2) is 29.6 Å².